The number of rotatable bonds is 40. The zero-order valence-corrected chi connectivity index (χ0v) is 38.2. The van der Waals surface area contributed by atoms with E-state index in [1.807, 2.05) is 27.2 Å². The lowest BCUT2D eigenvalue weighted by atomic mass is 10.1. The van der Waals surface area contributed by atoms with Crippen LogP contribution >= 0.6 is 7.82 Å². The number of aliphatic hydroxyl groups excluding tert-OH is 1. The Kier molecular flexibility index (Phi) is 38.0. The molecule has 0 saturated carbocycles. The number of unbranched alkanes of at least 4 members (excludes halogenated alkanes) is 17. The van der Waals surface area contributed by atoms with E-state index in [-0.39, 0.29) is 12.5 Å². The van der Waals surface area contributed by atoms with Gasteiger partial charge in [0.25, 0.3) is 7.82 Å². The van der Waals surface area contributed by atoms with E-state index in [1.165, 1.54) is 77.0 Å². The maximum Gasteiger partial charge on any atom is 0.268 e. The first-order chi connectivity index (χ1) is 27.5. The molecule has 0 radical (unpaired) electrons. The molecule has 0 rings (SSSR count). The fourth-order valence-corrected chi connectivity index (χ4v) is 6.66. The molecule has 0 fully saturated rings. The number of allylic oxidation sites excluding steroid dienone is 11. The van der Waals surface area contributed by atoms with Gasteiger partial charge in [0.05, 0.1) is 39.9 Å². The van der Waals surface area contributed by atoms with Crippen LogP contribution in [0.5, 0.6) is 0 Å². The highest BCUT2D eigenvalue weighted by Crippen LogP contribution is 2.38. The van der Waals surface area contributed by atoms with Crippen LogP contribution in [0.15, 0.2) is 72.9 Å². The third-order valence-electron chi connectivity index (χ3n) is 9.62. The molecular formula is C48H87N2O6P. The predicted octanol–water partition coefficient (Wildman–Crippen LogP) is 12.2. The van der Waals surface area contributed by atoms with E-state index in [0.29, 0.717) is 17.4 Å². The molecule has 9 heteroatoms. The second kappa shape index (κ2) is 39.4. The van der Waals surface area contributed by atoms with Crippen molar-refractivity contribution in [2.24, 2.45) is 0 Å². The highest BCUT2D eigenvalue weighted by molar-refractivity contribution is 7.45. The smallest absolute Gasteiger partial charge is 0.268 e. The number of likely N-dealkylation sites (N-methyl/N-ethyl adjacent to an activating group) is 1. The van der Waals surface area contributed by atoms with E-state index in [0.717, 1.165) is 77.0 Å². The van der Waals surface area contributed by atoms with Crippen molar-refractivity contribution in [3.63, 3.8) is 0 Å². The summed E-state index contributed by atoms with van der Waals surface area (Å²) in [7, 11) is 1.22. The van der Waals surface area contributed by atoms with Crippen molar-refractivity contribution < 1.29 is 32.9 Å². The van der Waals surface area contributed by atoms with Crippen molar-refractivity contribution in [3.8, 4) is 0 Å². The minimum Gasteiger partial charge on any atom is -0.756 e. The highest BCUT2D eigenvalue weighted by atomic mass is 31.2. The van der Waals surface area contributed by atoms with Gasteiger partial charge in [0, 0.05) is 6.42 Å². The molecule has 0 aliphatic heterocycles. The fraction of sp³-hybridized carbons (Fsp3) is 0.729. The normalized spacial score (nSPS) is 15.0. The molecule has 0 aromatic rings. The van der Waals surface area contributed by atoms with Crippen LogP contribution in [0.2, 0.25) is 0 Å². The third kappa shape index (κ3) is 41.9. The Morgan fingerprint density at radius 3 is 1.60 bits per heavy atom. The molecular weight excluding hydrogens is 732 g/mol. The van der Waals surface area contributed by atoms with Gasteiger partial charge < -0.3 is 28.8 Å². The summed E-state index contributed by atoms with van der Waals surface area (Å²) in [5.74, 6) is -0.224. The van der Waals surface area contributed by atoms with Crippen molar-refractivity contribution in [2.75, 3.05) is 40.9 Å². The summed E-state index contributed by atoms with van der Waals surface area (Å²) in [6.45, 7) is 4.53. The van der Waals surface area contributed by atoms with Gasteiger partial charge in [-0.05, 0) is 77.0 Å². The third-order valence-corrected chi connectivity index (χ3v) is 10.6. The quantitative estimate of drug-likeness (QED) is 0.0276. The van der Waals surface area contributed by atoms with Crippen LogP contribution in [0.4, 0.5) is 0 Å². The number of nitrogens with one attached hydrogen (secondary N) is 1. The van der Waals surface area contributed by atoms with Gasteiger partial charge in [0.2, 0.25) is 5.91 Å². The second-order valence-corrected chi connectivity index (χ2v) is 17.8. The minimum atomic E-state index is -4.60. The summed E-state index contributed by atoms with van der Waals surface area (Å²) in [6, 6.07) is -0.915. The molecule has 330 valence electrons. The number of carbonyl (C=O) groups is 1. The molecule has 0 heterocycles. The molecule has 0 aliphatic rings. The summed E-state index contributed by atoms with van der Waals surface area (Å²) in [4.78, 5) is 25.3. The molecule has 3 unspecified atom stereocenters. The summed E-state index contributed by atoms with van der Waals surface area (Å²) in [6.07, 6.45) is 52.4. The predicted molar refractivity (Wildman–Crippen MR) is 242 cm³/mol. The number of hydrogen-bond donors (Lipinski definition) is 2. The van der Waals surface area contributed by atoms with Crippen LogP contribution in [0.3, 0.4) is 0 Å². The Hall–Kier alpha value is -2.06. The number of aliphatic hydroxyl groups is 1. The summed E-state index contributed by atoms with van der Waals surface area (Å²) in [5.41, 5.74) is 0. The lowest BCUT2D eigenvalue weighted by Crippen LogP contribution is -2.45. The average Bonchev–Trinajstić information content (AvgIpc) is 3.16. The Bertz CT molecular complexity index is 1160. The molecule has 1 amide bonds. The molecule has 57 heavy (non-hydrogen) atoms. The lowest BCUT2D eigenvalue weighted by molar-refractivity contribution is -0.870. The van der Waals surface area contributed by atoms with Gasteiger partial charge in [-0.2, -0.15) is 0 Å². The molecule has 0 aliphatic carbocycles. The van der Waals surface area contributed by atoms with Crippen LogP contribution in [-0.2, 0) is 18.4 Å². The minimum absolute atomic E-state index is 0.0141. The van der Waals surface area contributed by atoms with Crippen LogP contribution in [0, 0.1) is 0 Å². The van der Waals surface area contributed by atoms with Crippen molar-refractivity contribution in [2.45, 2.75) is 187 Å². The monoisotopic (exact) mass is 819 g/mol. The summed E-state index contributed by atoms with van der Waals surface area (Å²) < 4.78 is 23.1. The van der Waals surface area contributed by atoms with Crippen molar-refractivity contribution in [1.29, 1.82) is 0 Å². The average molecular weight is 819 g/mol. The maximum absolute atomic E-state index is 12.8. The molecule has 2 N–H and O–H groups in total. The Labute approximate surface area is 351 Å². The van der Waals surface area contributed by atoms with E-state index >= 15 is 0 Å². The number of carbonyl (C=O) groups excluding carboxylic acids is 1. The largest absolute Gasteiger partial charge is 0.756 e. The van der Waals surface area contributed by atoms with Gasteiger partial charge in [-0.3, -0.25) is 9.36 Å². The number of phosphoric ester groups is 1. The first-order valence-electron chi connectivity index (χ1n) is 22.8. The SMILES string of the molecule is CCCC/C=C/CC/C=C/CC/C=C/C(O)C(COP(=O)([O-])OCC[N+](C)(C)C)NC(=O)CCCCCCCCCC/C=C\C/C=C\C/C=C\CCCCCCC. The van der Waals surface area contributed by atoms with Gasteiger partial charge >= 0.3 is 0 Å². The van der Waals surface area contributed by atoms with E-state index in [1.54, 1.807) is 6.08 Å². The van der Waals surface area contributed by atoms with Crippen molar-refractivity contribution in [1.82, 2.24) is 5.32 Å². The van der Waals surface area contributed by atoms with Crippen molar-refractivity contribution in [3.05, 3.63) is 72.9 Å². The van der Waals surface area contributed by atoms with Crippen LogP contribution < -0.4 is 10.2 Å². The zero-order valence-electron chi connectivity index (χ0n) is 37.3. The van der Waals surface area contributed by atoms with Crippen LogP contribution in [0.1, 0.15) is 174 Å². The van der Waals surface area contributed by atoms with Gasteiger partial charge in [-0.25, -0.2) is 0 Å². The summed E-state index contributed by atoms with van der Waals surface area (Å²) in [5, 5.41) is 13.7. The molecule has 0 spiro atoms. The summed E-state index contributed by atoms with van der Waals surface area (Å²) >= 11 is 0. The lowest BCUT2D eigenvalue weighted by Gasteiger charge is -2.29. The van der Waals surface area contributed by atoms with Gasteiger partial charge in [0.1, 0.15) is 13.2 Å². The van der Waals surface area contributed by atoms with Crippen LogP contribution in [-0.4, -0.2) is 68.5 Å². The van der Waals surface area contributed by atoms with Gasteiger partial charge in [0.15, 0.2) is 0 Å². The van der Waals surface area contributed by atoms with E-state index in [2.05, 4.69) is 79.9 Å². The second-order valence-electron chi connectivity index (χ2n) is 16.4. The van der Waals surface area contributed by atoms with E-state index in [4.69, 9.17) is 9.05 Å². The maximum atomic E-state index is 12.8. The standard InChI is InChI=1S/C48H87N2O6P/c1-6-8-10-12-14-16-18-20-21-22-23-24-25-26-27-28-29-30-32-34-36-38-40-42-48(52)49-46(45-56-57(53,54)55-44-43-50(3,4)5)47(51)41-39-37-35-33-31-19-17-15-13-11-9-7-2/h13,15,18,20,22-23,25-26,31,33,39,41,46-47,51H,6-12,14,16-17,19,21,24,27-30,32,34-38,40,42-45H2,1-5H3,(H-,49,52,53,54)/b15-13+,20-18-,23-22-,26-25-,33-31+,41-39+. The van der Waals surface area contributed by atoms with E-state index in [9.17, 15) is 19.4 Å². The Morgan fingerprint density at radius 2 is 1.05 bits per heavy atom. The topological polar surface area (TPSA) is 108 Å². The molecule has 8 nitrogen and oxygen atoms in total. The van der Waals surface area contributed by atoms with Gasteiger partial charge in [-0.1, -0.05) is 164 Å². The fourth-order valence-electron chi connectivity index (χ4n) is 5.94. The number of hydrogen-bond acceptors (Lipinski definition) is 6. The molecule has 3 atom stereocenters. The Balaban J connectivity index is 4.38. The van der Waals surface area contributed by atoms with Crippen molar-refractivity contribution >= 4 is 13.7 Å². The molecule has 0 bridgehead atoms. The van der Waals surface area contributed by atoms with Crippen LogP contribution in [0.25, 0.3) is 0 Å². The van der Waals surface area contributed by atoms with E-state index < -0.39 is 26.6 Å². The number of phosphoric acid groups is 1. The number of quaternary nitrogens is 1. The first kappa shape index (κ1) is 54.9. The van der Waals surface area contributed by atoms with Gasteiger partial charge in [-0.15, -0.1) is 0 Å². The molecule has 0 saturated heterocycles. The Morgan fingerprint density at radius 1 is 0.614 bits per heavy atom. The highest BCUT2D eigenvalue weighted by Gasteiger charge is 2.23. The zero-order chi connectivity index (χ0) is 42.1. The molecule has 0 aromatic heterocycles. The number of nitrogens with zero attached hydrogens (tertiary/aromatic N) is 1. The number of amides is 1. The molecule has 0 aromatic carbocycles. The first-order valence-corrected chi connectivity index (χ1v) is 24.3.